The molecule has 0 bridgehead atoms. The molecule has 0 saturated carbocycles. The number of aliphatic hydroxyl groups is 2. The number of unbranched alkanes of at least 4 members (excludes halogenated alkanes) is 55. The maximum atomic E-state index is 12.5. The topological polar surface area (TPSA) is 95.9 Å². The fraction of sp³-hybridized carbons (Fsp3) is 0.897. The van der Waals surface area contributed by atoms with Crippen molar-refractivity contribution in [3.8, 4) is 0 Å². The summed E-state index contributed by atoms with van der Waals surface area (Å²) in [5.74, 6) is -0.0198. The highest BCUT2D eigenvalue weighted by Gasteiger charge is 2.20. The third-order valence-corrected chi connectivity index (χ3v) is 17.9. The van der Waals surface area contributed by atoms with Gasteiger partial charge in [0.15, 0.2) is 0 Å². The summed E-state index contributed by atoms with van der Waals surface area (Å²) in [7, 11) is 0. The van der Waals surface area contributed by atoms with E-state index in [0.717, 1.165) is 51.4 Å². The van der Waals surface area contributed by atoms with Crippen molar-refractivity contribution in [2.75, 3.05) is 13.2 Å². The molecule has 2 unspecified atom stereocenters. The van der Waals surface area contributed by atoms with Gasteiger partial charge in [0.2, 0.25) is 5.91 Å². The minimum atomic E-state index is -0.660. The monoisotopic (exact) mass is 1180 g/mol. The molecule has 0 aromatic heterocycles. The fourth-order valence-corrected chi connectivity index (χ4v) is 12.1. The lowest BCUT2D eigenvalue weighted by Gasteiger charge is -2.22. The molecule has 0 fully saturated rings. The SMILES string of the molecule is CCCC/C=C\C/C=C\CCCCCCCC(=O)OCCCCCCCCCCCCCCCCCCCC/C=C\CCCCCCCCCCCCCCCCCCCC(=O)NC(CO)C(O)CCCCCCCCCCCCCCCC. The predicted octanol–water partition coefficient (Wildman–Crippen LogP) is 25.0. The Hall–Kier alpha value is -1.92. The van der Waals surface area contributed by atoms with Crippen LogP contribution in [0.3, 0.4) is 0 Å². The lowest BCUT2D eigenvalue weighted by Crippen LogP contribution is -2.45. The minimum absolute atomic E-state index is 0.00815. The van der Waals surface area contributed by atoms with Crippen molar-refractivity contribution in [3.05, 3.63) is 36.5 Å². The number of allylic oxidation sites excluding steroid dienone is 6. The highest BCUT2D eigenvalue weighted by Crippen LogP contribution is 2.19. The molecule has 6 heteroatoms. The fourth-order valence-electron chi connectivity index (χ4n) is 12.1. The van der Waals surface area contributed by atoms with E-state index in [2.05, 4.69) is 55.6 Å². The van der Waals surface area contributed by atoms with E-state index in [1.54, 1.807) is 0 Å². The van der Waals surface area contributed by atoms with Gasteiger partial charge in [-0.1, -0.05) is 371 Å². The summed E-state index contributed by atoms with van der Waals surface area (Å²) in [6.45, 7) is 4.94. The van der Waals surface area contributed by atoms with Gasteiger partial charge in [-0.2, -0.15) is 0 Å². The van der Waals surface area contributed by atoms with Gasteiger partial charge in [-0.05, 0) is 77.0 Å². The number of carbonyl (C=O) groups is 2. The number of hydrogen-bond donors (Lipinski definition) is 3. The number of nitrogens with one attached hydrogen (secondary N) is 1. The molecule has 0 aliphatic carbocycles. The third-order valence-electron chi connectivity index (χ3n) is 17.9. The second-order valence-electron chi connectivity index (χ2n) is 26.3. The number of esters is 1. The Balaban J connectivity index is 3.31. The van der Waals surface area contributed by atoms with Crippen LogP contribution in [0.2, 0.25) is 0 Å². The predicted molar refractivity (Wildman–Crippen MR) is 370 cm³/mol. The van der Waals surface area contributed by atoms with E-state index in [0.29, 0.717) is 25.9 Å². The van der Waals surface area contributed by atoms with Crippen molar-refractivity contribution in [1.29, 1.82) is 0 Å². The van der Waals surface area contributed by atoms with Gasteiger partial charge in [-0.3, -0.25) is 9.59 Å². The number of amides is 1. The van der Waals surface area contributed by atoms with Gasteiger partial charge in [0.1, 0.15) is 0 Å². The molecular formula is C78H149NO5. The van der Waals surface area contributed by atoms with Crippen molar-refractivity contribution in [2.45, 2.75) is 437 Å². The summed E-state index contributed by atoms with van der Waals surface area (Å²) in [5, 5.41) is 23.3. The van der Waals surface area contributed by atoms with Crippen molar-refractivity contribution in [2.24, 2.45) is 0 Å². The zero-order valence-electron chi connectivity index (χ0n) is 56.9. The Bertz CT molecular complexity index is 1360. The lowest BCUT2D eigenvalue weighted by atomic mass is 10.0. The van der Waals surface area contributed by atoms with Crippen LogP contribution in [0.1, 0.15) is 425 Å². The van der Waals surface area contributed by atoms with Crippen LogP contribution < -0.4 is 5.32 Å². The van der Waals surface area contributed by atoms with Gasteiger partial charge in [0, 0.05) is 12.8 Å². The molecule has 0 aliphatic heterocycles. The normalized spacial score (nSPS) is 12.7. The first kappa shape index (κ1) is 82.1. The zero-order valence-corrected chi connectivity index (χ0v) is 56.9. The molecule has 0 saturated heterocycles. The quantitative estimate of drug-likeness (QED) is 0.0320. The Morgan fingerprint density at radius 2 is 0.607 bits per heavy atom. The average Bonchev–Trinajstić information content (AvgIpc) is 3.52. The summed E-state index contributed by atoms with van der Waals surface area (Å²) >= 11 is 0. The second kappa shape index (κ2) is 73.5. The molecular weight excluding hydrogens is 1030 g/mol. The lowest BCUT2D eigenvalue weighted by molar-refractivity contribution is -0.143. The molecule has 0 aromatic rings. The molecule has 3 N–H and O–H groups in total. The minimum Gasteiger partial charge on any atom is -0.466 e. The van der Waals surface area contributed by atoms with Crippen LogP contribution in [0.5, 0.6) is 0 Å². The van der Waals surface area contributed by atoms with E-state index in [1.165, 1.54) is 340 Å². The Morgan fingerprint density at radius 1 is 0.333 bits per heavy atom. The van der Waals surface area contributed by atoms with Crippen LogP contribution in [0.4, 0.5) is 0 Å². The molecule has 2 atom stereocenters. The van der Waals surface area contributed by atoms with Crippen LogP contribution in [0, 0.1) is 0 Å². The van der Waals surface area contributed by atoms with Crippen LogP contribution in [-0.2, 0) is 14.3 Å². The van der Waals surface area contributed by atoms with E-state index in [4.69, 9.17) is 4.74 Å². The number of rotatable bonds is 72. The molecule has 0 aliphatic rings. The van der Waals surface area contributed by atoms with Crippen molar-refractivity contribution < 1.29 is 24.5 Å². The third kappa shape index (κ3) is 69.2. The van der Waals surface area contributed by atoms with E-state index < -0.39 is 12.1 Å². The highest BCUT2D eigenvalue weighted by molar-refractivity contribution is 5.76. The second-order valence-corrected chi connectivity index (χ2v) is 26.3. The van der Waals surface area contributed by atoms with Gasteiger partial charge in [0.25, 0.3) is 0 Å². The summed E-state index contributed by atoms with van der Waals surface area (Å²) in [6.07, 6.45) is 95.2. The van der Waals surface area contributed by atoms with Crippen LogP contribution >= 0.6 is 0 Å². The molecule has 0 radical (unpaired) electrons. The van der Waals surface area contributed by atoms with Gasteiger partial charge < -0.3 is 20.3 Å². The van der Waals surface area contributed by atoms with Gasteiger partial charge in [-0.25, -0.2) is 0 Å². The van der Waals surface area contributed by atoms with Gasteiger partial charge in [0.05, 0.1) is 25.4 Å². The molecule has 496 valence electrons. The van der Waals surface area contributed by atoms with Crippen LogP contribution in [0.25, 0.3) is 0 Å². The van der Waals surface area contributed by atoms with Crippen molar-refractivity contribution >= 4 is 11.9 Å². The molecule has 0 aromatic carbocycles. The smallest absolute Gasteiger partial charge is 0.305 e. The van der Waals surface area contributed by atoms with Crippen LogP contribution in [-0.4, -0.2) is 47.4 Å². The largest absolute Gasteiger partial charge is 0.466 e. The van der Waals surface area contributed by atoms with Gasteiger partial charge >= 0.3 is 5.97 Å². The molecule has 0 heterocycles. The Labute approximate surface area is 525 Å². The molecule has 0 spiro atoms. The highest BCUT2D eigenvalue weighted by atomic mass is 16.5. The maximum Gasteiger partial charge on any atom is 0.305 e. The van der Waals surface area contributed by atoms with Crippen molar-refractivity contribution in [1.82, 2.24) is 5.32 Å². The first-order valence-corrected chi connectivity index (χ1v) is 38.2. The average molecular weight is 1180 g/mol. The first-order valence-electron chi connectivity index (χ1n) is 38.2. The molecule has 84 heavy (non-hydrogen) atoms. The standard InChI is InChI=1S/C78H149NO5/c1-3-5-7-9-11-13-15-17-46-50-54-58-62-66-70-76(81)75(74-80)79-77(82)71-67-63-59-55-51-47-44-42-40-38-36-34-32-30-28-26-24-22-20-19-21-23-25-27-29-31-33-35-37-39-41-43-45-49-53-57-61-65-69-73-84-78(83)72-68-64-60-56-52-48-18-16-14-12-10-8-6-4-2/h10,12,16,18-20,75-76,80-81H,3-9,11,13-15,17,21-74H2,1-2H3,(H,79,82)/b12-10-,18-16-,20-19-. The first-order chi connectivity index (χ1) is 41.5. The Kier molecular flexibility index (Phi) is 71.9. The van der Waals surface area contributed by atoms with Gasteiger partial charge in [-0.15, -0.1) is 0 Å². The summed E-state index contributed by atoms with van der Waals surface area (Å²) in [4.78, 5) is 24.6. The Morgan fingerprint density at radius 3 is 0.952 bits per heavy atom. The number of ether oxygens (including phenoxy) is 1. The number of aliphatic hydroxyl groups excluding tert-OH is 2. The number of hydrogen-bond acceptors (Lipinski definition) is 5. The van der Waals surface area contributed by atoms with E-state index in [1.807, 2.05) is 0 Å². The molecule has 0 rings (SSSR count). The summed E-state index contributed by atoms with van der Waals surface area (Å²) in [6, 6.07) is -0.537. The summed E-state index contributed by atoms with van der Waals surface area (Å²) < 4.78 is 5.49. The molecule has 6 nitrogen and oxygen atoms in total. The maximum absolute atomic E-state index is 12.5. The van der Waals surface area contributed by atoms with E-state index in [9.17, 15) is 19.8 Å². The number of carbonyl (C=O) groups excluding carboxylic acids is 2. The van der Waals surface area contributed by atoms with E-state index in [-0.39, 0.29) is 18.5 Å². The zero-order chi connectivity index (χ0) is 60.6. The van der Waals surface area contributed by atoms with E-state index >= 15 is 0 Å². The van der Waals surface area contributed by atoms with Crippen LogP contribution in [0.15, 0.2) is 36.5 Å². The molecule has 1 amide bonds. The summed E-state index contributed by atoms with van der Waals surface area (Å²) in [5.41, 5.74) is 0. The van der Waals surface area contributed by atoms with Crippen molar-refractivity contribution in [3.63, 3.8) is 0 Å².